The summed E-state index contributed by atoms with van der Waals surface area (Å²) in [6.07, 6.45) is 5.69. The van der Waals surface area contributed by atoms with Crippen LogP contribution in [-0.2, 0) is 0 Å². The number of hydrogen-bond donors (Lipinski definition) is 2. The van der Waals surface area contributed by atoms with Crippen molar-refractivity contribution < 1.29 is 0 Å². The summed E-state index contributed by atoms with van der Waals surface area (Å²) in [5, 5.41) is 6.82. The van der Waals surface area contributed by atoms with Gasteiger partial charge in [-0.25, -0.2) is 9.97 Å². The molecule has 4 aromatic rings. The third-order valence-corrected chi connectivity index (χ3v) is 5.39. The first-order valence-corrected chi connectivity index (χ1v) is 10.00. The van der Waals surface area contributed by atoms with Gasteiger partial charge in [0, 0.05) is 55.5 Å². The molecular formula is C23H24N6. The van der Waals surface area contributed by atoms with E-state index in [-0.39, 0.29) is 0 Å². The molecule has 0 bridgehead atoms. The van der Waals surface area contributed by atoms with Gasteiger partial charge < -0.3 is 15.5 Å². The molecule has 2 N–H and O–H groups in total. The fourth-order valence-corrected chi connectivity index (χ4v) is 3.76. The van der Waals surface area contributed by atoms with Crippen molar-refractivity contribution in [1.82, 2.24) is 19.7 Å². The van der Waals surface area contributed by atoms with Gasteiger partial charge in [-0.1, -0.05) is 29.8 Å². The van der Waals surface area contributed by atoms with Crippen molar-refractivity contribution in [3.8, 4) is 11.3 Å². The van der Waals surface area contributed by atoms with E-state index in [1.165, 1.54) is 11.3 Å². The first kappa shape index (κ1) is 17.7. The second-order valence-electron chi connectivity index (χ2n) is 7.39. The fourth-order valence-electron chi connectivity index (χ4n) is 3.76. The molecule has 2 aromatic carbocycles. The smallest absolute Gasteiger partial charge is 0.180 e. The number of aryl methyl sites for hydroxylation is 1. The zero-order valence-corrected chi connectivity index (χ0v) is 16.5. The first-order chi connectivity index (χ1) is 14.3. The van der Waals surface area contributed by atoms with E-state index in [0.29, 0.717) is 0 Å². The minimum atomic E-state index is 0.751. The summed E-state index contributed by atoms with van der Waals surface area (Å²) in [6.45, 7) is 6.26. The lowest BCUT2D eigenvalue weighted by molar-refractivity contribution is 0.589. The van der Waals surface area contributed by atoms with E-state index >= 15 is 0 Å². The van der Waals surface area contributed by atoms with Gasteiger partial charge in [0.2, 0.25) is 0 Å². The normalized spacial score (nSPS) is 14.3. The summed E-state index contributed by atoms with van der Waals surface area (Å²) in [7, 11) is 0. The highest BCUT2D eigenvalue weighted by molar-refractivity contribution is 5.74. The predicted octanol–water partition coefficient (Wildman–Crippen LogP) is 3.86. The molecule has 6 heteroatoms. The molecule has 0 amide bonds. The van der Waals surface area contributed by atoms with Gasteiger partial charge in [0.15, 0.2) is 11.5 Å². The Morgan fingerprint density at radius 1 is 0.931 bits per heavy atom. The Morgan fingerprint density at radius 3 is 2.45 bits per heavy atom. The Morgan fingerprint density at radius 2 is 1.69 bits per heavy atom. The van der Waals surface area contributed by atoms with Gasteiger partial charge in [-0.05, 0) is 31.2 Å². The van der Waals surface area contributed by atoms with Crippen molar-refractivity contribution in [2.45, 2.75) is 6.92 Å². The minimum absolute atomic E-state index is 0.751. The quantitative estimate of drug-likeness (QED) is 0.560. The number of nitrogens with one attached hydrogen (secondary N) is 2. The van der Waals surface area contributed by atoms with E-state index in [2.05, 4.69) is 85.4 Å². The van der Waals surface area contributed by atoms with E-state index in [1.807, 2.05) is 18.6 Å². The highest BCUT2D eigenvalue weighted by Crippen LogP contribution is 2.26. The monoisotopic (exact) mass is 384 g/mol. The summed E-state index contributed by atoms with van der Waals surface area (Å²) < 4.78 is 2.08. The van der Waals surface area contributed by atoms with Crippen LogP contribution in [0.15, 0.2) is 67.1 Å². The average Bonchev–Trinajstić information content (AvgIpc) is 3.26. The molecule has 0 spiro atoms. The molecule has 0 aliphatic carbocycles. The van der Waals surface area contributed by atoms with Crippen molar-refractivity contribution in [1.29, 1.82) is 0 Å². The summed E-state index contributed by atoms with van der Waals surface area (Å²) in [5.74, 6) is 0.751. The van der Waals surface area contributed by atoms with Gasteiger partial charge in [0.25, 0.3) is 0 Å². The number of benzene rings is 2. The van der Waals surface area contributed by atoms with Crippen LogP contribution < -0.4 is 15.5 Å². The van der Waals surface area contributed by atoms with Gasteiger partial charge in [-0.3, -0.25) is 4.40 Å². The maximum absolute atomic E-state index is 4.67. The van der Waals surface area contributed by atoms with Crippen LogP contribution in [0, 0.1) is 6.92 Å². The van der Waals surface area contributed by atoms with Crippen LogP contribution in [0.25, 0.3) is 16.9 Å². The highest BCUT2D eigenvalue weighted by Gasteiger charge is 2.12. The minimum Gasteiger partial charge on any atom is -0.369 e. The number of hydrogen-bond acceptors (Lipinski definition) is 5. The summed E-state index contributed by atoms with van der Waals surface area (Å²) in [4.78, 5) is 11.6. The van der Waals surface area contributed by atoms with Gasteiger partial charge >= 0.3 is 0 Å². The van der Waals surface area contributed by atoms with E-state index in [0.717, 1.165) is 54.6 Å². The summed E-state index contributed by atoms with van der Waals surface area (Å²) >= 11 is 0. The van der Waals surface area contributed by atoms with Gasteiger partial charge in [0.1, 0.15) is 0 Å². The number of anilines is 3. The molecule has 0 saturated carbocycles. The molecule has 5 rings (SSSR count). The van der Waals surface area contributed by atoms with Crippen LogP contribution in [0.1, 0.15) is 5.56 Å². The van der Waals surface area contributed by atoms with E-state index in [1.54, 1.807) is 0 Å². The van der Waals surface area contributed by atoms with E-state index < -0.39 is 0 Å². The molecule has 0 unspecified atom stereocenters. The van der Waals surface area contributed by atoms with Crippen molar-refractivity contribution in [2.75, 3.05) is 36.4 Å². The maximum atomic E-state index is 4.67. The molecule has 2 aromatic heterocycles. The lowest BCUT2D eigenvalue weighted by atomic mass is 10.1. The lowest BCUT2D eigenvalue weighted by Gasteiger charge is -2.29. The van der Waals surface area contributed by atoms with Crippen LogP contribution >= 0.6 is 0 Å². The second kappa shape index (κ2) is 7.56. The Balaban J connectivity index is 1.42. The number of piperazine rings is 1. The fraction of sp³-hybridized carbons (Fsp3) is 0.217. The van der Waals surface area contributed by atoms with Crippen LogP contribution in [0.4, 0.5) is 17.2 Å². The van der Waals surface area contributed by atoms with E-state index in [9.17, 15) is 0 Å². The summed E-state index contributed by atoms with van der Waals surface area (Å²) in [5.41, 5.74) is 6.46. The lowest BCUT2D eigenvalue weighted by Crippen LogP contribution is -2.43. The molecule has 0 atom stereocenters. The van der Waals surface area contributed by atoms with E-state index in [4.69, 9.17) is 0 Å². The molecule has 0 radical (unpaired) electrons. The Bertz CT molecular complexity index is 1110. The van der Waals surface area contributed by atoms with Crippen LogP contribution in [0.3, 0.4) is 0 Å². The molecule has 6 nitrogen and oxygen atoms in total. The highest BCUT2D eigenvalue weighted by atomic mass is 15.2. The molecule has 1 fully saturated rings. The number of fused-ring (bicyclic) bond motifs is 1. The summed E-state index contributed by atoms with van der Waals surface area (Å²) in [6, 6.07) is 17.0. The average molecular weight is 384 g/mol. The zero-order valence-electron chi connectivity index (χ0n) is 16.5. The maximum Gasteiger partial charge on any atom is 0.180 e. The number of imidazole rings is 1. The third-order valence-electron chi connectivity index (χ3n) is 5.39. The Hall–Kier alpha value is -3.38. The van der Waals surface area contributed by atoms with Crippen LogP contribution in [-0.4, -0.2) is 40.5 Å². The topological polar surface area (TPSA) is 57.5 Å². The van der Waals surface area contributed by atoms with Gasteiger partial charge in [0.05, 0.1) is 11.9 Å². The predicted molar refractivity (Wildman–Crippen MR) is 118 cm³/mol. The Kier molecular flexibility index (Phi) is 4.62. The zero-order chi connectivity index (χ0) is 19.6. The number of aromatic nitrogens is 3. The molecule has 29 heavy (non-hydrogen) atoms. The van der Waals surface area contributed by atoms with Crippen molar-refractivity contribution in [3.05, 3.63) is 72.7 Å². The standard InChI is InChI=1S/C23H24N6/c1-17-2-4-18(5-3-17)21-16-26-22(23-25-12-15-29(21)23)27-19-6-8-20(9-7-19)28-13-10-24-11-14-28/h2-9,12,15-16,24H,10-11,13-14H2,1H3,(H,26,27). The molecule has 1 saturated heterocycles. The number of rotatable bonds is 4. The molecule has 146 valence electrons. The molecular weight excluding hydrogens is 360 g/mol. The van der Waals surface area contributed by atoms with Crippen molar-refractivity contribution in [2.24, 2.45) is 0 Å². The van der Waals surface area contributed by atoms with Crippen molar-refractivity contribution in [3.63, 3.8) is 0 Å². The first-order valence-electron chi connectivity index (χ1n) is 10.00. The largest absolute Gasteiger partial charge is 0.369 e. The molecule has 3 heterocycles. The second-order valence-corrected chi connectivity index (χ2v) is 7.39. The van der Waals surface area contributed by atoms with Crippen molar-refractivity contribution >= 4 is 22.8 Å². The molecule has 1 aliphatic heterocycles. The van der Waals surface area contributed by atoms with Gasteiger partial charge in [-0.15, -0.1) is 0 Å². The third kappa shape index (κ3) is 3.54. The SMILES string of the molecule is Cc1ccc(-c2cnc(Nc3ccc(N4CCNCC4)cc3)c3nccn23)cc1. The molecule has 1 aliphatic rings. The number of nitrogens with zero attached hydrogens (tertiary/aromatic N) is 4. The van der Waals surface area contributed by atoms with Crippen LogP contribution in [0.5, 0.6) is 0 Å². The van der Waals surface area contributed by atoms with Gasteiger partial charge in [-0.2, -0.15) is 0 Å². The Labute approximate surface area is 170 Å². The van der Waals surface area contributed by atoms with Crippen LogP contribution in [0.2, 0.25) is 0 Å².